The number of ether oxygens (including phenoxy) is 1. The summed E-state index contributed by atoms with van der Waals surface area (Å²) in [5.41, 5.74) is 1.02. The molecule has 2 heterocycles. The van der Waals surface area contributed by atoms with Crippen LogP contribution in [0.2, 0.25) is 0 Å². The van der Waals surface area contributed by atoms with Crippen molar-refractivity contribution in [2.45, 2.75) is 6.61 Å². The Morgan fingerprint density at radius 3 is 3.08 bits per heavy atom. The Labute approximate surface area is 75.6 Å². The van der Waals surface area contributed by atoms with Crippen LogP contribution in [0.25, 0.3) is 0 Å². The molecule has 66 valence electrons. The Bertz CT molecular complexity index is 344. The molecule has 4 nitrogen and oxygen atoms in total. The molecule has 0 aliphatic carbocycles. The Hall–Kier alpha value is -1.84. The maximum atomic E-state index is 5.43. The van der Waals surface area contributed by atoms with E-state index in [1.165, 1.54) is 0 Å². The largest absolute Gasteiger partial charge is 0.487 e. The molecule has 2 aromatic heterocycles. The molecular weight excluding hydrogens is 166 g/mol. The number of hydrogen-bond donors (Lipinski definition) is 1. The molecule has 0 amide bonds. The first kappa shape index (κ1) is 7.79. The number of H-pyrrole nitrogens is 1. The summed E-state index contributed by atoms with van der Waals surface area (Å²) in [7, 11) is 0. The van der Waals surface area contributed by atoms with E-state index in [9.17, 15) is 0 Å². The average Bonchev–Trinajstić information content (AvgIpc) is 2.69. The summed E-state index contributed by atoms with van der Waals surface area (Å²) in [5, 5.41) is 6.53. The average molecular weight is 175 g/mol. The summed E-state index contributed by atoms with van der Waals surface area (Å²) in [4.78, 5) is 3.94. The summed E-state index contributed by atoms with van der Waals surface area (Å²) in [6, 6.07) is 3.71. The molecule has 1 N–H and O–H groups in total. The molecule has 2 rings (SSSR count). The number of rotatable bonds is 3. The van der Waals surface area contributed by atoms with E-state index in [1.807, 2.05) is 12.1 Å². The second kappa shape index (κ2) is 3.71. The van der Waals surface area contributed by atoms with Crippen LogP contribution in [0.15, 0.2) is 36.9 Å². The number of nitrogens with zero attached hydrogens (tertiary/aromatic N) is 2. The van der Waals surface area contributed by atoms with Crippen LogP contribution in [0.4, 0.5) is 0 Å². The summed E-state index contributed by atoms with van der Waals surface area (Å²) < 4.78 is 5.43. The van der Waals surface area contributed by atoms with E-state index in [0.29, 0.717) is 6.61 Å². The molecule has 0 atom stereocenters. The van der Waals surface area contributed by atoms with Gasteiger partial charge in [-0.2, -0.15) is 5.10 Å². The van der Waals surface area contributed by atoms with Gasteiger partial charge in [0.25, 0.3) is 0 Å². The molecule has 0 bridgehead atoms. The van der Waals surface area contributed by atoms with Crippen molar-refractivity contribution in [1.82, 2.24) is 15.2 Å². The zero-order chi connectivity index (χ0) is 8.93. The van der Waals surface area contributed by atoms with Gasteiger partial charge in [0, 0.05) is 18.0 Å². The minimum absolute atomic E-state index is 0.516. The number of aromatic amines is 1. The first-order chi connectivity index (χ1) is 6.45. The number of nitrogens with one attached hydrogen (secondary N) is 1. The molecular formula is C9H9N3O. The van der Waals surface area contributed by atoms with E-state index < -0.39 is 0 Å². The Balaban J connectivity index is 1.94. The fraction of sp³-hybridized carbons (Fsp3) is 0.111. The normalized spacial score (nSPS) is 9.85. The maximum absolute atomic E-state index is 5.43. The third-order valence-electron chi connectivity index (χ3n) is 1.59. The molecule has 2 aromatic rings. The van der Waals surface area contributed by atoms with Crippen molar-refractivity contribution in [2.24, 2.45) is 0 Å². The lowest BCUT2D eigenvalue weighted by Crippen LogP contribution is -1.93. The van der Waals surface area contributed by atoms with Gasteiger partial charge in [-0.1, -0.05) is 0 Å². The highest BCUT2D eigenvalue weighted by Gasteiger charge is 1.95. The second-order valence-electron chi connectivity index (χ2n) is 2.58. The van der Waals surface area contributed by atoms with Gasteiger partial charge in [0.05, 0.1) is 12.4 Å². The smallest absolute Gasteiger partial charge is 0.138 e. The SMILES string of the molecule is c1cncc(OCc2cn[nH]c2)c1. The van der Waals surface area contributed by atoms with Gasteiger partial charge in [-0.05, 0) is 12.1 Å². The summed E-state index contributed by atoms with van der Waals surface area (Å²) >= 11 is 0. The molecule has 0 aromatic carbocycles. The van der Waals surface area contributed by atoms with Gasteiger partial charge in [0.2, 0.25) is 0 Å². The van der Waals surface area contributed by atoms with Crippen molar-refractivity contribution in [1.29, 1.82) is 0 Å². The molecule has 0 radical (unpaired) electrons. The Morgan fingerprint density at radius 1 is 1.38 bits per heavy atom. The van der Waals surface area contributed by atoms with Gasteiger partial charge in [-0.25, -0.2) is 0 Å². The molecule has 0 aliphatic heterocycles. The zero-order valence-corrected chi connectivity index (χ0v) is 6.97. The third-order valence-corrected chi connectivity index (χ3v) is 1.59. The van der Waals surface area contributed by atoms with Crippen molar-refractivity contribution in [2.75, 3.05) is 0 Å². The molecule has 0 spiro atoms. The highest BCUT2D eigenvalue weighted by Crippen LogP contribution is 2.08. The first-order valence-corrected chi connectivity index (χ1v) is 3.95. The molecule has 0 saturated carbocycles. The number of pyridine rings is 1. The van der Waals surface area contributed by atoms with Gasteiger partial charge in [-0.3, -0.25) is 10.1 Å². The van der Waals surface area contributed by atoms with Gasteiger partial charge in [0.1, 0.15) is 12.4 Å². The van der Waals surface area contributed by atoms with E-state index in [1.54, 1.807) is 24.8 Å². The molecule has 0 fully saturated rings. The highest BCUT2D eigenvalue weighted by atomic mass is 16.5. The van der Waals surface area contributed by atoms with Crippen LogP contribution in [0.1, 0.15) is 5.56 Å². The van der Waals surface area contributed by atoms with Crippen LogP contribution in [0.5, 0.6) is 5.75 Å². The quantitative estimate of drug-likeness (QED) is 0.766. The van der Waals surface area contributed by atoms with Crippen LogP contribution in [-0.2, 0) is 6.61 Å². The van der Waals surface area contributed by atoms with Crippen LogP contribution in [0.3, 0.4) is 0 Å². The van der Waals surface area contributed by atoms with E-state index in [-0.39, 0.29) is 0 Å². The van der Waals surface area contributed by atoms with E-state index in [0.717, 1.165) is 11.3 Å². The Morgan fingerprint density at radius 2 is 2.38 bits per heavy atom. The van der Waals surface area contributed by atoms with Gasteiger partial charge >= 0.3 is 0 Å². The van der Waals surface area contributed by atoms with Gasteiger partial charge < -0.3 is 4.74 Å². The minimum Gasteiger partial charge on any atom is -0.487 e. The van der Waals surface area contributed by atoms with Crippen molar-refractivity contribution in [3.63, 3.8) is 0 Å². The summed E-state index contributed by atoms with van der Waals surface area (Å²) in [6.07, 6.45) is 6.93. The highest BCUT2D eigenvalue weighted by molar-refractivity contribution is 5.16. The third kappa shape index (κ3) is 2.05. The monoisotopic (exact) mass is 175 g/mol. The zero-order valence-electron chi connectivity index (χ0n) is 6.97. The van der Waals surface area contributed by atoms with E-state index in [4.69, 9.17) is 4.74 Å². The van der Waals surface area contributed by atoms with Crippen molar-refractivity contribution in [3.05, 3.63) is 42.5 Å². The fourth-order valence-electron chi connectivity index (χ4n) is 0.956. The van der Waals surface area contributed by atoms with Crippen LogP contribution in [0, 0.1) is 0 Å². The Kier molecular flexibility index (Phi) is 2.22. The van der Waals surface area contributed by atoms with E-state index in [2.05, 4.69) is 15.2 Å². The molecule has 0 unspecified atom stereocenters. The maximum Gasteiger partial charge on any atom is 0.138 e. The summed E-state index contributed by atoms with van der Waals surface area (Å²) in [5.74, 6) is 0.767. The lowest BCUT2D eigenvalue weighted by atomic mass is 10.4. The van der Waals surface area contributed by atoms with Crippen molar-refractivity contribution < 1.29 is 4.74 Å². The molecule has 0 saturated heterocycles. The first-order valence-electron chi connectivity index (χ1n) is 3.95. The second-order valence-corrected chi connectivity index (χ2v) is 2.58. The molecule has 13 heavy (non-hydrogen) atoms. The summed E-state index contributed by atoms with van der Waals surface area (Å²) in [6.45, 7) is 0.516. The predicted molar refractivity (Wildman–Crippen MR) is 47.2 cm³/mol. The predicted octanol–water partition coefficient (Wildman–Crippen LogP) is 1.38. The lowest BCUT2D eigenvalue weighted by Gasteiger charge is -2.01. The van der Waals surface area contributed by atoms with Crippen molar-refractivity contribution >= 4 is 0 Å². The number of aromatic nitrogens is 3. The molecule has 4 heteroatoms. The minimum atomic E-state index is 0.516. The van der Waals surface area contributed by atoms with Crippen LogP contribution >= 0.6 is 0 Å². The van der Waals surface area contributed by atoms with Crippen LogP contribution in [-0.4, -0.2) is 15.2 Å². The lowest BCUT2D eigenvalue weighted by molar-refractivity contribution is 0.305. The fourth-order valence-corrected chi connectivity index (χ4v) is 0.956. The molecule has 0 aliphatic rings. The van der Waals surface area contributed by atoms with Crippen molar-refractivity contribution in [3.8, 4) is 5.75 Å². The van der Waals surface area contributed by atoms with Gasteiger partial charge in [-0.15, -0.1) is 0 Å². The number of hydrogen-bond acceptors (Lipinski definition) is 3. The van der Waals surface area contributed by atoms with E-state index >= 15 is 0 Å². The van der Waals surface area contributed by atoms with Gasteiger partial charge in [0.15, 0.2) is 0 Å². The topological polar surface area (TPSA) is 50.8 Å². The standard InChI is InChI=1S/C9H9N3O/c1-2-9(6-10-3-1)13-7-8-4-11-12-5-8/h1-6H,7H2,(H,11,12). The van der Waals surface area contributed by atoms with Crippen LogP contribution < -0.4 is 4.74 Å².